The van der Waals surface area contributed by atoms with E-state index in [1.165, 1.54) is 0 Å². The number of nitrogens with two attached hydrogens (primary N) is 1. The molecular weight excluding hydrogens is 400 g/mol. The fourth-order valence-electron chi connectivity index (χ4n) is 2.81. The van der Waals surface area contributed by atoms with Crippen molar-refractivity contribution in [2.75, 3.05) is 22.1 Å². The summed E-state index contributed by atoms with van der Waals surface area (Å²) in [5, 5.41) is 5.24. The number of nitrogens with zero attached hydrogens (tertiary/aromatic N) is 1. The zero-order valence-electron chi connectivity index (χ0n) is 13.7. The number of amides is 4. The number of benzene rings is 2. The van der Waals surface area contributed by atoms with Crippen LogP contribution in [-0.2, 0) is 9.59 Å². The first kappa shape index (κ1) is 17.9. The van der Waals surface area contributed by atoms with E-state index in [-0.39, 0.29) is 18.2 Å². The van der Waals surface area contributed by atoms with Crippen molar-refractivity contribution in [3.05, 3.63) is 53.0 Å². The quantitative estimate of drug-likeness (QED) is 0.713. The Kier molecular flexibility index (Phi) is 5.22. The Morgan fingerprint density at radius 3 is 2.27 bits per heavy atom. The van der Waals surface area contributed by atoms with Gasteiger partial charge in [-0.2, -0.15) is 0 Å². The van der Waals surface area contributed by atoms with Crippen molar-refractivity contribution in [1.29, 1.82) is 0 Å². The lowest BCUT2D eigenvalue weighted by molar-refractivity contribution is -0.122. The zero-order chi connectivity index (χ0) is 18.7. The van der Waals surface area contributed by atoms with Gasteiger partial charge in [-0.05, 0) is 52.3 Å². The van der Waals surface area contributed by atoms with Crippen LogP contribution in [0.4, 0.5) is 21.9 Å². The Labute approximate surface area is 158 Å². The Morgan fingerprint density at radius 2 is 1.65 bits per heavy atom. The molecule has 0 spiro atoms. The second-order valence-corrected chi connectivity index (χ2v) is 6.77. The molecule has 4 N–H and O–H groups in total. The third kappa shape index (κ3) is 4.02. The van der Waals surface area contributed by atoms with Crippen LogP contribution in [0.5, 0.6) is 0 Å². The molecule has 1 heterocycles. The van der Waals surface area contributed by atoms with E-state index in [1.54, 1.807) is 29.2 Å². The molecule has 1 aliphatic rings. The van der Waals surface area contributed by atoms with Crippen LogP contribution < -0.4 is 21.3 Å². The fraction of sp³-hybridized carbons (Fsp3) is 0.167. The van der Waals surface area contributed by atoms with Crippen LogP contribution in [0.3, 0.4) is 0 Å². The molecule has 8 heteroatoms. The van der Waals surface area contributed by atoms with Gasteiger partial charge in [-0.3, -0.25) is 9.59 Å². The van der Waals surface area contributed by atoms with Crippen LogP contribution in [0.25, 0.3) is 0 Å². The molecule has 1 atom stereocenters. The number of carbonyl (C=O) groups excluding carboxylic acids is 3. The van der Waals surface area contributed by atoms with Crippen molar-refractivity contribution in [3.63, 3.8) is 0 Å². The van der Waals surface area contributed by atoms with Gasteiger partial charge in [0.05, 0.1) is 11.6 Å². The minimum absolute atomic E-state index is 0.0851. The van der Waals surface area contributed by atoms with E-state index in [9.17, 15) is 14.4 Å². The molecule has 0 saturated carbocycles. The third-order valence-corrected chi connectivity index (χ3v) is 4.73. The Bertz CT molecular complexity index is 854. The summed E-state index contributed by atoms with van der Waals surface area (Å²) >= 11 is 3.43. The first-order chi connectivity index (χ1) is 12.4. The van der Waals surface area contributed by atoms with Crippen molar-refractivity contribution in [2.24, 2.45) is 11.7 Å². The molecular formula is C18H17BrN4O3. The normalized spacial score (nSPS) is 16.4. The number of hydrogen-bond acceptors (Lipinski definition) is 3. The van der Waals surface area contributed by atoms with E-state index in [0.717, 1.165) is 10.2 Å². The Hall–Kier alpha value is -2.87. The van der Waals surface area contributed by atoms with Crippen LogP contribution in [-0.4, -0.2) is 24.4 Å². The maximum atomic E-state index is 12.5. The van der Waals surface area contributed by atoms with Crippen molar-refractivity contribution < 1.29 is 14.4 Å². The second kappa shape index (κ2) is 7.57. The lowest BCUT2D eigenvalue weighted by atomic mass is 10.1. The van der Waals surface area contributed by atoms with Crippen molar-refractivity contribution in [1.82, 2.24) is 0 Å². The highest BCUT2D eigenvalue weighted by Crippen LogP contribution is 2.31. The van der Waals surface area contributed by atoms with Gasteiger partial charge in [0.1, 0.15) is 0 Å². The van der Waals surface area contributed by atoms with E-state index < -0.39 is 11.9 Å². The average Bonchev–Trinajstić information content (AvgIpc) is 2.98. The first-order valence-corrected chi connectivity index (χ1v) is 8.75. The molecule has 4 amide bonds. The summed E-state index contributed by atoms with van der Waals surface area (Å²) in [6, 6.07) is 13.3. The Balaban J connectivity index is 1.65. The second-order valence-electron chi connectivity index (χ2n) is 5.91. The number of anilines is 3. The minimum atomic E-state index is -0.654. The average molecular weight is 417 g/mol. The summed E-state index contributed by atoms with van der Waals surface area (Å²) in [6.07, 6.45) is 0.161. The van der Waals surface area contributed by atoms with Gasteiger partial charge in [0.2, 0.25) is 11.8 Å². The highest BCUT2D eigenvalue weighted by molar-refractivity contribution is 9.10. The molecule has 3 rings (SSSR count). The number of hydrogen-bond donors (Lipinski definition) is 3. The van der Waals surface area contributed by atoms with Crippen LogP contribution >= 0.6 is 15.9 Å². The largest absolute Gasteiger partial charge is 0.351 e. The van der Waals surface area contributed by atoms with Gasteiger partial charge in [-0.25, -0.2) is 4.79 Å². The minimum Gasteiger partial charge on any atom is -0.351 e. The predicted octanol–water partition coefficient (Wildman–Crippen LogP) is 2.93. The molecule has 7 nitrogen and oxygen atoms in total. The van der Waals surface area contributed by atoms with Gasteiger partial charge in [0.15, 0.2) is 0 Å². The van der Waals surface area contributed by atoms with Gasteiger partial charge in [-0.1, -0.05) is 12.1 Å². The zero-order valence-corrected chi connectivity index (χ0v) is 15.3. The maximum absolute atomic E-state index is 12.5. The molecule has 26 heavy (non-hydrogen) atoms. The number of halogens is 1. The number of para-hydroxylation sites is 1. The van der Waals surface area contributed by atoms with Crippen LogP contribution in [0, 0.1) is 5.92 Å². The number of urea groups is 1. The lowest BCUT2D eigenvalue weighted by Gasteiger charge is -2.18. The number of nitrogens with one attached hydrogen (secondary N) is 2. The summed E-state index contributed by atoms with van der Waals surface area (Å²) in [5.74, 6) is -0.736. The topological polar surface area (TPSA) is 105 Å². The van der Waals surface area contributed by atoms with Crippen molar-refractivity contribution in [2.45, 2.75) is 6.42 Å². The molecule has 1 saturated heterocycles. The third-order valence-electron chi connectivity index (χ3n) is 4.06. The van der Waals surface area contributed by atoms with Gasteiger partial charge in [0.25, 0.3) is 0 Å². The summed E-state index contributed by atoms with van der Waals surface area (Å²) in [4.78, 5) is 37.2. The van der Waals surface area contributed by atoms with Gasteiger partial charge >= 0.3 is 6.03 Å². The van der Waals surface area contributed by atoms with E-state index in [2.05, 4.69) is 26.6 Å². The molecule has 0 aromatic heterocycles. The smallest absolute Gasteiger partial charge is 0.316 e. The fourth-order valence-corrected chi connectivity index (χ4v) is 3.31. The summed E-state index contributed by atoms with van der Waals surface area (Å²) in [5.41, 5.74) is 6.92. The van der Waals surface area contributed by atoms with Gasteiger partial charge in [-0.15, -0.1) is 0 Å². The summed E-state index contributed by atoms with van der Waals surface area (Å²) in [7, 11) is 0. The Morgan fingerprint density at radius 1 is 1.04 bits per heavy atom. The molecule has 1 aliphatic heterocycles. The van der Waals surface area contributed by atoms with Crippen molar-refractivity contribution >= 4 is 50.8 Å². The monoisotopic (exact) mass is 416 g/mol. The number of carbonyl (C=O) groups is 3. The molecule has 134 valence electrons. The predicted molar refractivity (Wildman–Crippen MR) is 103 cm³/mol. The molecule has 1 unspecified atom stereocenters. The maximum Gasteiger partial charge on any atom is 0.316 e. The summed E-state index contributed by atoms with van der Waals surface area (Å²) < 4.78 is 0.812. The SMILES string of the molecule is NC(=O)Nc1ccc(NC(=O)C2CC(=O)N(c3ccccc3Br)C2)cc1. The van der Waals surface area contributed by atoms with Crippen LogP contribution in [0.1, 0.15) is 6.42 Å². The van der Waals surface area contributed by atoms with E-state index in [1.807, 2.05) is 24.3 Å². The number of primary amides is 1. The highest BCUT2D eigenvalue weighted by Gasteiger charge is 2.35. The van der Waals surface area contributed by atoms with E-state index in [0.29, 0.717) is 17.9 Å². The van der Waals surface area contributed by atoms with Crippen LogP contribution in [0.2, 0.25) is 0 Å². The number of rotatable bonds is 4. The molecule has 2 aromatic rings. The highest BCUT2D eigenvalue weighted by atomic mass is 79.9. The first-order valence-electron chi connectivity index (χ1n) is 7.96. The molecule has 1 fully saturated rings. The molecule has 0 bridgehead atoms. The van der Waals surface area contributed by atoms with Crippen molar-refractivity contribution in [3.8, 4) is 0 Å². The van der Waals surface area contributed by atoms with E-state index >= 15 is 0 Å². The molecule has 0 radical (unpaired) electrons. The van der Waals surface area contributed by atoms with Gasteiger partial charge < -0.3 is 21.3 Å². The molecule has 0 aliphatic carbocycles. The van der Waals surface area contributed by atoms with Gasteiger partial charge in [0, 0.05) is 28.8 Å². The standard InChI is InChI=1S/C18H17BrN4O3/c19-14-3-1-2-4-15(14)23-10-11(9-16(23)24)17(25)21-12-5-7-13(8-6-12)22-18(20)26/h1-8,11H,9-10H2,(H,21,25)(H3,20,22,26). The van der Waals surface area contributed by atoms with E-state index in [4.69, 9.17) is 5.73 Å². The summed E-state index contributed by atoms with van der Waals surface area (Å²) in [6.45, 7) is 0.328. The molecule has 2 aromatic carbocycles. The van der Waals surface area contributed by atoms with Crippen LogP contribution in [0.15, 0.2) is 53.0 Å². The lowest BCUT2D eigenvalue weighted by Crippen LogP contribution is -2.28.